The Morgan fingerprint density at radius 2 is 1.82 bits per heavy atom. The van der Waals surface area contributed by atoms with Gasteiger partial charge in [0.1, 0.15) is 5.75 Å². The van der Waals surface area contributed by atoms with Gasteiger partial charge in [-0.3, -0.25) is 0 Å². The van der Waals surface area contributed by atoms with Crippen LogP contribution in [0.2, 0.25) is 0 Å². The first-order valence-corrected chi connectivity index (χ1v) is 5.12. The first-order valence-electron chi connectivity index (χ1n) is 5.12. The molecule has 0 saturated carbocycles. The summed E-state index contributed by atoms with van der Waals surface area (Å²) in [5, 5.41) is 12.0. The number of hydrogen-bond acceptors (Lipinski definition) is 2. The first kappa shape index (κ1) is 11.4. The van der Waals surface area contributed by atoms with Crippen LogP contribution in [0.15, 0.2) is 42.5 Å². The Labute approximate surface area is 97.5 Å². The molecule has 2 nitrogen and oxygen atoms in total. The van der Waals surface area contributed by atoms with Crippen LogP contribution in [0.1, 0.15) is 5.56 Å². The van der Waals surface area contributed by atoms with E-state index in [-0.39, 0.29) is 11.4 Å². The zero-order valence-corrected chi connectivity index (χ0v) is 8.95. The van der Waals surface area contributed by atoms with Gasteiger partial charge in [-0.2, -0.15) is 0 Å². The van der Waals surface area contributed by atoms with Crippen molar-refractivity contribution in [2.45, 2.75) is 6.54 Å². The lowest BCUT2D eigenvalue weighted by atomic mass is 10.2. The second-order valence-corrected chi connectivity index (χ2v) is 3.62. The van der Waals surface area contributed by atoms with Gasteiger partial charge >= 0.3 is 0 Å². The van der Waals surface area contributed by atoms with Crippen molar-refractivity contribution in [3.05, 3.63) is 59.7 Å². The van der Waals surface area contributed by atoms with Gasteiger partial charge in [0.2, 0.25) is 0 Å². The third kappa shape index (κ3) is 2.72. The Hall–Kier alpha value is -2.10. The van der Waals surface area contributed by atoms with E-state index in [1.54, 1.807) is 24.3 Å². The van der Waals surface area contributed by atoms with Crippen molar-refractivity contribution in [2.24, 2.45) is 0 Å². The Morgan fingerprint density at radius 1 is 1.06 bits per heavy atom. The lowest BCUT2D eigenvalue weighted by molar-refractivity contribution is 0.474. The van der Waals surface area contributed by atoms with E-state index in [0.717, 1.165) is 11.6 Å². The van der Waals surface area contributed by atoms with Gasteiger partial charge in [-0.25, -0.2) is 8.78 Å². The fraction of sp³-hybridized carbons (Fsp3) is 0.0769. The Balaban J connectivity index is 2.10. The van der Waals surface area contributed by atoms with Crippen LogP contribution in [0.4, 0.5) is 14.5 Å². The molecule has 2 N–H and O–H groups in total. The van der Waals surface area contributed by atoms with E-state index >= 15 is 0 Å². The Kier molecular flexibility index (Phi) is 3.23. The molecule has 0 heterocycles. The first-order chi connectivity index (χ1) is 8.16. The van der Waals surface area contributed by atoms with Gasteiger partial charge in [0.05, 0.1) is 5.69 Å². The normalized spacial score (nSPS) is 10.2. The van der Waals surface area contributed by atoms with Crippen LogP contribution >= 0.6 is 0 Å². The topological polar surface area (TPSA) is 32.3 Å². The second kappa shape index (κ2) is 4.82. The summed E-state index contributed by atoms with van der Waals surface area (Å²) in [6, 6.07) is 10.5. The predicted octanol–water partition coefficient (Wildman–Crippen LogP) is 3.28. The van der Waals surface area contributed by atoms with Gasteiger partial charge in [-0.1, -0.05) is 18.2 Å². The number of phenols is 1. The largest absolute Gasteiger partial charge is 0.508 e. The van der Waals surface area contributed by atoms with Crippen molar-refractivity contribution >= 4 is 5.69 Å². The highest BCUT2D eigenvalue weighted by atomic mass is 19.2. The molecule has 17 heavy (non-hydrogen) atoms. The van der Waals surface area contributed by atoms with Crippen molar-refractivity contribution in [1.29, 1.82) is 0 Å². The summed E-state index contributed by atoms with van der Waals surface area (Å²) in [6.07, 6.45) is 0. The molecule has 0 amide bonds. The number of anilines is 1. The van der Waals surface area contributed by atoms with Crippen molar-refractivity contribution in [2.75, 3.05) is 5.32 Å². The number of nitrogens with one attached hydrogen (secondary N) is 1. The molecular weight excluding hydrogens is 224 g/mol. The SMILES string of the molecule is Oc1cccc(CNc2cccc(F)c2F)c1. The molecule has 0 aromatic heterocycles. The van der Waals surface area contributed by atoms with Crippen LogP contribution < -0.4 is 5.32 Å². The molecule has 4 heteroatoms. The maximum absolute atomic E-state index is 13.3. The van der Waals surface area contributed by atoms with Crippen LogP contribution in [0.25, 0.3) is 0 Å². The van der Waals surface area contributed by atoms with E-state index in [0.29, 0.717) is 6.54 Å². The van der Waals surface area contributed by atoms with Gasteiger partial charge in [0.15, 0.2) is 11.6 Å². The van der Waals surface area contributed by atoms with Gasteiger partial charge in [-0.15, -0.1) is 0 Å². The van der Waals surface area contributed by atoms with Gasteiger partial charge < -0.3 is 10.4 Å². The molecular formula is C13H11F2NO. The second-order valence-electron chi connectivity index (χ2n) is 3.62. The van der Waals surface area contributed by atoms with Crippen LogP contribution in [-0.4, -0.2) is 5.11 Å². The minimum atomic E-state index is -0.896. The fourth-order valence-electron chi connectivity index (χ4n) is 1.50. The molecule has 0 aliphatic heterocycles. The molecule has 0 fully saturated rings. The standard InChI is InChI=1S/C13H11F2NO/c14-11-5-2-6-12(13(11)15)16-8-9-3-1-4-10(17)7-9/h1-7,16-17H,8H2. The molecule has 0 unspecified atom stereocenters. The van der Waals surface area contributed by atoms with E-state index in [2.05, 4.69) is 5.32 Å². The lowest BCUT2D eigenvalue weighted by Gasteiger charge is -2.08. The van der Waals surface area contributed by atoms with Crippen molar-refractivity contribution in [3.63, 3.8) is 0 Å². The zero-order valence-electron chi connectivity index (χ0n) is 8.95. The van der Waals surface area contributed by atoms with E-state index in [1.165, 1.54) is 12.1 Å². The van der Waals surface area contributed by atoms with E-state index in [1.807, 2.05) is 0 Å². The van der Waals surface area contributed by atoms with Crippen LogP contribution in [0.5, 0.6) is 5.75 Å². The number of aromatic hydroxyl groups is 1. The highest BCUT2D eigenvalue weighted by molar-refractivity contribution is 5.45. The Bertz CT molecular complexity index is 529. The summed E-state index contributed by atoms with van der Waals surface area (Å²) in [4.78, 5) is 0. The minimum Gasteiger partial charge on any atom is -0.508 e. The highest BCUT2D eigenvalue weighted by Gasteiger charge is 2.06. The van der Waals surface area contributed by atoms with Crippen molar-refractivity contribution < 1.29 is 13.9 Å². The maximum Gasteiger partial charge on any atom is 0.181 e. The average Bonchev–Trinajstić information content (AvgIpc) is 2.31. The van der Waals surface area contributed by atoms with Crippen LogP contribution in [-0.2, 0) is 6.54 Å². The lowest BCUT2D eigenvalue weighted by Crippen LogP contribution is -2.02. The van der Waals surface area contributed by atoms with Gasteiger partial charge in [0.25, 0.3) is 0 Å². The number of rotatable bonds is 3. The third-order valence-electron chi connectivity index (χ3n) is 2.35. The maximum atomic E-state index is 13.3. The molecule has 0 spiro atoms. The predicted molar refractivity (Wildman–Crippen MR) is 61.8 cm³/mol. The molecule has 0 radical (unpaired) electrons. The molecule has 2 rings (SSSR count). The van der Waals surface area contributed by atoms with Crippen molar-refractivity contribution in [3.8, 4) is 5.75 Å². The molecule has 0 bridgehead atoms. The quantitative estimate of drug-likeness (QED) is 0.855. The van der Waals surface area contributed by atoms with E-state index in [9.17, 15) is 13.9 Å². The fourth-order valence-corrected chi connectivity index (χ4v) is 1.50. The smallest absolute Gasteiger partial charge is 0.181 e. The summed E-state index contributed by atoms with van der Waals surface area (Å²) < 4.78 is 26.2. The highest BCUT2D eigenvalue weighted by Crippen LogP contribution is 2.18. The molecule has 0 aliphatic rings. The zero-order chi connectivity index (χ0) is 12.3. The number of halogens is 2. The molecule has 0 atom stereocenters. The van der Waals surface area contributed by atoms with Gasteiger partial charge in [0, 0.05) is 6.54 Å². The molecule has 88 valence electrons. The van der Waals surface area contributed by atoms with Crippen LogP contribution in [0, 0.1) is 11.6 Å². The number of phenolic OH excluding ortho intramolecular Hbond substituents is 1. The average molecular weight is 235 g/mol. The summed E-state index contributed by atoms with van der Waals surface area (Å²) in [6.45, 7) is 0.314. The molecule has 2 aromatic carbocycles. The minimum absolute atomic E-state index is 0.105. The molecule has 0 aliphatic carbocycles. The monoisotopic (exact) mass is 235 g/mol. The van der Waals surface area contributed by atoms with Gasteiger partial charge in [-0.05, 0) is 29.8 Å². The van der Waals surface area contributed by atoms with Crippen molar-refractivity contribution in [1.82, 2.24) is 0 Å². The summed E-state index contributed by atoms with van der Waals surface area (Å²) >= 11 is 0. The van der Waals surface area contributed by atoms with E-state index in [4.69, 9.17) is 0 Å². The van der Waals surface area contributed by atoms with Crippen LogP contribution in [0.3, 0.4) is 0 Å². The number of benzene rings is 2. The summed E-state index contributed by atoms with van der Waals surface area (Å²) in [5.74, 6) is -1.64. The Morgan fingerprint density at radius 3 is 2.59 bits per heavy atom. The third-order valence-corrected chi connectivity index (χ3v) is 2.35. The number of hydrogen-bond donors (Lipinski definition) is 2. The molecule has 0 saturated heterocycles. The van der Waals surface area contributed by atoms with E-state index < -0.39 is 11.6 Å². The summed E-state index contributed by atoms with van der Waals surface area (Å²) in [7, 11) is 0. The molecule has 2 aromatic rings. The summed E-state index contributed by atoms with van der Waals surface area (Å²) in [5.41, 5.74) is 0.891.